The summed E-state index contributed by atoms with van der Waals surface area (Å²) in [5.74, 6) is -1.10. The smallest absolute Gasteiger partial charge is 0.410 e. The molecule has 0 aliphatic carbocycles. The largest absolute Gasteiger partial charge is 0.490 e. The molecule has 9 heteroatoms. The van der Waals surface area contributed by atoms with Crippen LogP contribution in [-0.2, 0) is 14.2 Å². The third kappa shape index (κ3) is 6.26. The third-order valence-electron chi connectivity index (χ3n) is 4.54. The highest BCUT2D eigenvalue weighted by Gasteiger charge is 2.29. The van der Waals surface area contributed by atoms with Crippen molar-refractivity contribution in [3.63, 3.8) is 0 Å². The zero-order chi connectivity index (χ0) is 23.3. The van der Waals surface area contributed by atoms with Crippen LogP contribution in [0.5, 0.6) is 5.75 Å². The molecule has 1 saturated heterocycles. The van der Waals surface area contributed by atoms with Crippen LogP contribution in [0.25, 0.3) is 0 Å². The number of amides is 1. The summed E-state index contributed by atoms with van der Waals surface area (Å²) in [6, 6.07) is 3.30. The molecular formula is C22H32N2O7. The van der Waals surface area contributed by atoms with E-state index < -0.39 is 17.5 Å². The van der Waals surface area contributed by atoms with E-state index in [1.165, 1.54) is 14.2 Å². The van der Waals surface area contributed by atoms with Crippen molar-refractivity contribution < 1.29 is 33.3 Å². The second-order valence-electron chi connectivity index (χ2n) is 8.47. The molecule has 0 atom stereocenters. The Kier molecular flexibility index (Phi) is 7.75. The molecule has 0 unspecified atom stereocenters. The Hall–Kier alpha value is -2.97. The lowest BCUT2D eigenvalue weighted by Gasteiger charge is -2.37. The second kappa shape index (κ2) is 9.89. The topological polar surface area (TPSA) is 94.6 Å². The maximum absolute atomic E-state index is 12.4. The number of esters is 2. The van der Waals surface area contributed by atoms with Gasteiger partial charge in [-0.05, 0) is 40.7 Å². The molecule has 1 aromatic carbocycles. The van der Waals surface area contributed by atoms with Gasteiger partial charge in [-0.25, -0.2) is 14.4 Å². The Morgan fingerprint density at radius 3 is 2.00 bits per heavy atom. The van der Waals surface area contributed by atoms with Crippen LogP contribution < -0.4 is 9.64 Å². The van der Waals surface area contributed by atoms with Crippen molar-refractivity contribution >= 4 is 23.7 Å². The summed E-state index contributed by atoms with van der Waals surface area (Å²) in [5.41, 5.74) is 0.222. The van der Waals surface area contributed by atoms with E-state index >= 15 is 0 Å². The van der Waals surface area contributed by atoms with Crippen LogP contribution in [0.15, 0.2) is 12.1 Å². The van der Waals surface area contributed by atoms with Gasteiger partial charge in [0, 0.05) is 37.9 Å². The maximum Gasteiger partial charge on any atom is 0.410 e. The van der Waals surface area contributed by atoms with Gasteiger partial charge in [-0.1, -0.05) is 0 Å². The van der Waals surface area contributed by atoms with Crippen LogP contribution in [0.2, 0.25) is 0 Å². The Morgan fingerprint density at radius 2 is 1.52 bits per heavy atom. The van der Waals surface area contributed by atoms with Gasteiger partial charge >= 0.3 is 18.0 Å². The van der Waals surface area contributed by atoms with E-state index in [0.717, 1.165) is 0 Å². The van der Waals surface area contributed by atoms with E-state index in [0.29, 0.717) is 31.9 Å². The molecule has 1 amide bonds. The fourth-order valence-electron chi connectivity index (χ4n) is 3.19. The van der Waals surface area contributed by atoms with Crippen molar-refractivity contribution in [1.82, 2.24) is 4.90 Å². The van der Waals surface area contributed by atoms with Gasteiger partial charge in [0.25, 0.3) is 0 Å². The first-order valence-electron chi connectivity index (χ1n) is 10.2. The Balaban J connectivity index is 2.34. The second-order valence-corrected chi connectivity index (χ2v) is 8.47. The maximum atomic E-state index is 12.4. The first kappa shape index (κ1) is 24.3. The van der Waals surface area contributed by atoms with Crippen LogP contribution in [-0.4, -0.2) is 75.0 Å². The number of anilines is 1. The Bertz CT molecular complexity index is 822. The van der Waals surface area contributed by atoms with Crippen molar-refractivity contribution in [2.75, 3.05) is 45.3 Å². The minimum Gasteiger partial charge on any atom is -0.490 e. The fourth-order valence-corrected chi connectivity index (χ4v) is 3.19. The average molecular weight is 437 g/mol. The summed E-state index contributed by atoms with van der Waals surface area (Å²) in [7, 11) is 2.49. The summed E-state index contributed by atoms with van der Waals surface area (Å²) in [6.45, 7) is 11.1. The highest BCUT2D eigenvalue weighted by Crippen LogP contribution is 2.32. The number of nitrogens with zero attached hydrogens (tertiary/aromatic N) is 2. The minimum absolute atomic E-state index is 0.0270. The standard InChI is InChI=1S/C22H32N2O7/c1-14(2)30-17-13-15(12-16(19(25)28-6)18(17)20(26)29-7)23-8-10-24(11-9-23)21(27)31-22(3,4)5/h12-14H,8-11H2,1-7H3. The lowest BCUT2D eigenvalue weighted by Crippen LogP contribution is -2.50. The van der Waals surface area contributed by atoms with Crippen LogP contribution in [0.1, 0.15) is 55.3 Å². The lowest BCUT2D eigenvalue weighted by atomic mass is 10.0. The number of rotatable bonds is 5. The molecule has 9 nitrogen and oxygen atoms in total. The molecule has 0 N–H and O–H groups in total. The van der Waals surface area contributed by atoms with E-state index in [1.807, 2.05) is 39.5 Å². The molecular weight excluding hydrogens is 404 g/mol. The first-order valence-corrected chi connectivity index (χ1v) is 10.2. The molecule has 0 bridgehead atoms. The van der Waals surface area contributed by atoms with Gasteiger partial charge in [0.1, 0.15) is 16.9 Å². The molecule has 1 aliphatic rings. The zero-order valence-electron chi connectivity index (χ0n) is 19.3. The third-order valence-corrected chi connectivity index (χ3v) is 4.54. The molecule has 0 radical (unpaired) electrons. The normalized spacial score (nSPS) is 14.3. The SMILES string of the molecule is COC(=O)c1cc(N2CCN(C(=O)OC(C)(C)C)CC2)cc(OC(C)C)c1C(=O)OC. The van der Waals surface area contributed by atoms with Crippen LogP contribution in [0.3, 0.4) is 0 Å². The van der Waals surface area contributed by atoms with Gasteiger partial charge in [-0.15, -0.1) is 0 Å². The summed E-state index contributed by atoms with van der Waals surface area (Å²) < 4.78 is 21.0. The van der Waals surface area contributed by atoms with Crippen LogP contribution >= 0.6 is 0 Å². The molecule has 2 rings (SSSR count). The molecule has 172 valence electrons. The Labute approximate surface area is 183 Å². The van der Waals surface area contributed by atoms with Crippen molar-refractivity contribution in [3.8, 4) is 5.75 Å². The average Bonchev–Trinajstić information content (AvgIpc) is 2.70. The highest BCUT2D eigenvalue weighted by atomic mass is 16.6. The number of methoxy groups -OCH3 is 2. The number of carbonyl (C=O) groups is 3. The fraction of sp³-hybridized carbons (Fsp3) is 0.591. The van der Waals surface area contributed by atoms with Gasteiger partial charge < -0.3 is 28.7 Å². The number of piperazine rings is 1. The van der Waals surface area contributed by atoms with Gasteiger partial charge in [0.05, 0.1) is 25.9 Å². The van der Waals surface area contributed by atoms with E-state index in [1.54, 1.807) is 17.0 Å². The predicted octanol–water partition coefficient (Wildman–Crippen LogP) is 3.10. The summed E-state index contributed by atoms with van der Waals surface area (Å²) in [5, 5.41) is 0. The van der Waals surface area contributed by atoms with Crippen LogP contribution in [0.4, 0.5) is 10.5 Å². The Morgan fingerprint density at radius 1 is 0.935 bits per heavy atom. The van der Waals surface area contributed by atoms with Crippen molar-refractivity contribution in [1.29, 1.82) is 0 Å². The van der Waals surface area contributed by atoms with Crippen molar-refractivity contribution in [2.45, 2.75) is 46.3 Å². The molecule has 1 aliphatic heterocycles. The summed E-state index contributed by atoms with van der Waals surface area (Å²) in [6.07, 6.45) is -0.583. The van der Waals surface area contributed by atoms with Crippen molar-refractivity contribution in [3.05, 3.63) is 23.3 Å². The van der Waals surface area contributed by atoms with Gasteiger partial charge in [0.15, 0.2) is 0 Å². The first-order chi connectivity index (χ1) is 14.5. The molecule has 31 heavy (non-hydrogen) atoms. The quantitative estimate of drug-likeness (QED) is 0.513. The van der Waals surface area contributed by atoms with Gasteiger partial charge in [-0.3, -0.25) is 0 Å². The predicted molar refractivity (Wildman–Crippen MR) is 115 cm³/mol. The van der Waals surface area contributed by atoms with Gasteiger partial charge in [0.2, 0.25) is 0 Å². The lowest BCUT2D eigenvalue weighted by molar-refractivity contribution is 0.0240. The van der Waals surface area contributed by atoms with E-state index in [9.17, 15) is 14.4 Å². The monoisotopic (exact) mass is 436 g/mol. The van der Waals surface area contributed by atoms with E-state index in [4.69, 9.17) is 18.9 Å². The minimum atomic E-state index is -0.683. The number of hydrogen-bond donors (Lipinski definition) is 0. The molecule has 1 fully saturated rings. The molecule has 0 saturated carbocycles. The summed E-state index contributed by atoms with van der Waals surface area (Å²) >= 11 is 0. The highest BCUT2D eigenvalue weighted by molar-refractivity contribution is 6.06. The number of hydrogen-bond acceptors (Lipinski definition) is 8. The number of benzene rings is 1. The van der Waals surface area contributed by atoms with Crippen molar-refractivity contribution in [2.24, 2.45) is 0 Å². The number of ether oxygens (including phenoxy) is 4. The van der Waals surface area contributed by atoms with Crippen LogP contribution in [0, 0.1) is 0 Å². The number of carbonyl (C=O) groups excluding carboxylic acids is 3. The van der Waals surface area contributed by atoms with Gasteiger partial charge in [-0.2, -0.15) is 0 Å². The van der Waals surface area contributed by atoms with E-state index in [-0.39, 0.29) is 29.1 Å². The van der Waals surface area contributed by atoms with E-state index in [2.05, 4.69) is 0 Å². The molecule has 1 heterocycles. The molecule has 1 aromatic rings. The summed E-state index contributed by atoms with van der Waals surface area (Å²) in [4.78, 5) is 40.8. The molecule has 0 spiro atoms. The zero-order valence-corrected chi connectivity index (χ0v) is 19.3. The molecule has 0 aromatic heterocycles.